The number of fused-ring (bicyclic) bond motifs is 1. The van der Waals surface area contributed by atoms with E-state index < -0.39 is 36.6 Å². The lowest BCUT2D eigenvalue weighted by Gasteiger charge is -2.27. The molecule has 1 amide bonds. The molecule has 144 valence electrons. The van der Waals surface area contributed by atoms with Crippen LogP contribution in [-0.4, -0.2) is 79.2 Å². The highest BCUT2D eigenvalue weighted by atomic mass is 16.6. The number of hydrogen-bond donors (Lipinski definition) is 4. The molecule has 1 fully saturated rings. The number of nitrogens with zero attached hydrogens (tertiary/aromatic N) is 4. The number of amides is 1. The molecule has 0 aromatic carbocycles. The molecule has 3 rings (SSSR count). The molecule has 1 saturated heterocycles. The third-order valence-corrected chi connectivity index (χ3v) is 4.54. The van der Waals surface area contributed by atoms with E-state index in [-0.39, 0.29) is 5.82 Å². The molecule has 27 heavy (non-hydrogen) atoms. The van der Waals surface area contributed by atoms with Crippen LogP contribution in [0.1, 0.15) is 18.7 Å². The molecule has 2 aromatic rings. The molecule has 0 spiro atoms. The minimum Gasteiger partial charge on any atom is -0.394 e. The fourth-order valence-electron chi connectivity index (χ4n) is 3.00. The summed E-state index contributed by atoms with van der Waals surface area (Å²) in [6.45, 7) is 0.934. The van der Waals surface area contributed by atoms with Crippen molar-refractivity contribution in [1.29, 1.82) is 0 Å². The number of nitrogen functional groups attached to an aromatic ring is 1. The first kappa shape index (κ1) is 19.1. The van der Waals surface area contributed by atoms with Gasteiger partial charge in [0.1, 0.15) is 35.6 Å². The van der Waals surface area contributed by atoms with Gasteiger partial charge in [-0.1, -0.05) is 5.92 Å². The van der Waals surface area contributed by atoms with Crippen molar-refractivity contribution in [3.8, 4) is 11.8 Å². The molecular weight excluding hydrogens is 354 g/mol. The fourth-order valence-corrected chi connectivity index (χ4v) is 3.00. The zero-order valence-corrected chi connectivity index (χ0v) is 15.1. The van der Waals surface area contributed by atoms with Gasteiger partial charge in [-0.15, -0.1) is 0 Å². The molecule has 2 aromatic heterocycles. The van der Waals surface area contributed by atoms with E-state index >= 15 is 0 Å². The van der Waals surface area contributed by atoms with Gasteiger partial charge in [-0.05, 0) is 6.92 Å². The zero-order valence-electron chi connectivity index (χ0n) is 15.1. The molecule has 0 saturated carbocycles. The van der Waals surface area contributed by atoms with Crippen LogP contribution in [0.25, 0.3) is 11.0 Å². The fraction of sp³-hybridized carbons (Fsp3) is 0.471. The number of rotatable bonds is 2. The number of aromatic nitrogens is 3. The maximum Gasteiger partial charge on any atom is 0.298 e. The van der Waals surface area contributed by atoms with Crippen LogP contribution in [0, 0.1) is 11.8 Å². The van der Waals surface area contributed by atoms with E-state index in [2.05, 4.69) is 21.8 Å². The Morgan fingerprint density at radius 2 is 2.19 bits per heavy atom. The summed E-state index contributed by atoms with van der Waals surface area (Å²) in [5.41, 5.74) is 4.95. The average molecular weight is 375 g/mol. The van der Waals surface area contributed by atoms with E-state index in [1.807, 2.05) is 0 Å². The van der Waals surface area contributed by atoms with E-state index in [0.717, 1.165) is 0 Å². The van der Waals surface area contributed by atoms with Crippen LogP contribution in [0.5, 0.6) is 0 Å². The lowest BCUT2D eigenvalue weighted by molar-refractivity contribution is -0.122. The van der Waals surface area contributed by atoms with Crippen molar-refractivity contribution >= 4 is 22.8 Å². The van der Waals surface area contributed by atoms with Crippen molar-refractivity contribution < 1.29 is 24.9 Å². The Kier molecular flexibility index (Phi) is 4.79. The Labute approximate surface area is 155 Å². The van der Waals surface area contributed by atoms with Gasteiger partial charge >= 0.3 is 0 Å². The van der Waals surface area contributed by atoms with Crippen molar-refractivity contribution in [2.24, 2.45) is 0 Å². The molecule has 5 N–H and O–H groups in total. The van der Waals surface area contributed by atoms with Gasteiger partial charge in [0.2, 0.25) is 0 Å². The highest BCUT2D eigenvalue weighted by molar-refractivity contribution is 5.97. The Morgan fingerprint density at radius 3 is 2.78 bits per heavy atom. The number of ether oxygens (including phenoxy) is 1. The minimum atomic E-state index is -1.71. The second-order valence-corrected chi connectivity index (χ2v) is 6.74. The van der Waals surface area contributed by atoms with Crippen LogP contribution in [0.4, 0.5) is 5.82 Å². The van der Waals surface area contributed by atoms with E-state index in [9.17, 15) is 20.1 Å². The van der Waals surface area contributed by atoms with Gasteiger partial charge in [0.05, 0.1) is 17.6 Å². The first-order valence-electron chi connectivity index (χ1n) is 8.19. The van der Waals surface area contributed by atoms with Crippen molar-refractivity contribution in [1.82, 2.24) is 19.4 Å². The van der Waals surface area contributed by atoms with Crippen LogP contribution in [0.3, 0.4) is 0 Å². The maximum absolute atomic E-state index is 11.8. The standard InChI is InChI=1S/C17H21N5O5/c1-17(26)13(25)10(7-23)27-16(17)22-6-9(4-5-11(24)21(2)3)12-14(18)19-8-20-15(12)22/h6,8,10,13,16,23,25-26H,7H2,1-3H3,(H2,18,19,20)/t10?,13?,16?,17-/m1/s1. The molecular formula is C17H21N5O5. The van der Waals surface area contributed by atoms with Crippen LogP contribution >= 0.6 is 0 Å². The molecule has 10 heteroatoms. The summed E-state index contributed by atoms with van der Waals surface area (Å²) >= 11 is 0. The molecule has 1 aliphatic rings. The monoisotopic (exact) mass is 375 g/mol. The molecule has 0 bridgehead atoms. The lowest BCUT2D eigenvalue weighted by atomic mass is 9.96. The van der Waals surface area contributed by atoms with Crippen molar-refractivity contribution in [3.63, 3.8) is 0 Å². The van der Waals surface area contributed by atoms with Crippen LogP contribution < -0.4 is 5.73 Å². The summed E-state index contributed by atoms with van der Waals surface area (Å²) in [7, 11) is 3.16. The number of aliphatic hydroxyl groups excluding tert-OH is 2. The van der Waals surface area contributed by atoms with Crippen molar-refractivity contribution in [2.45, 2.75) is 31.0 Å². The number of hydrogen-bond acceptors (Lipinski definition) is 8. The second-order valence-electron chi connectivity index (χ2n) is 6.74. The van der Waals surface area contributed by atoms with Gasteiger partial charge in [0.25, 0.3) is 5.91 Å². The highest BCUT2D eigenvalue weighted by Crippen LogP contribution is 2.40. The molecule has 1 aliphatic heterocycles. The van der Waals surface area contributed by atoms with Crippen LogP contribution in [0.15, 0.2) is 12.5 Å². The smallest absolute Gasteiger partial charge is 0.298 e. The first-order valence-corrected chi connectivity index (χ1v) is 8.19. The van der Waals surface area contributed by atoms with Crippen molar-refractivity contribution in [3.05, 3.63) is 18.1 Å². The summed E-state index contributed by atoms with van der Waals surface area (Å²) in [5, 5.41) is 30.7. The van der Waals surface area contributed by atoms with E-state index in [1.165, 1.54) is 28.9 Å². The average Bonchev–Trinajstić information content (AvgIpc) is 3.09. The number of nitrogens with two attached hydrogens (primary N) is 1. The number of carbonyl (C=O) groups excluding carboxylic acids is 1. The molecule has 0 radical (unpaired) electrons. The Bertz CT molecular complexity index is 942. The Morgan fingerprint density at radius 1 is 1.48 bits per heavy atom. The SMILES string of the molecule is CN(C)C(=O)C#Cc1cn(C2OC(CO)C(O)[C@@]2(C)O)c2ncnc(N)c12. The molecule has 0 aliphatic carbocycles. The topological polar surface area (TPSA) is 147 Å². The minimum absolute atomic E-state index is 0.150. The number of anilines is 1. The van der Waals surface area contributed by atoms with Crippen LogP contribution in [-0.2, 0) is 9.53 Å². The van der Waals surface area contributed by atoms with Gasteiger partial charge in [-0.2, -0.15) is 0 Å². The maximum atomic E-state index is 11.8. The van der Waals surface area contributed by atoms with Crippen LogP contribution in [0.2, 0.25) is 0 Å². The summed E-state index contributed by atoms with van der Waals surface area (Å²) in [4.78, 5) is 21.3. The quantitative estimate of drug-likeness (QED) is 0.462. The predicted octanol–water partition coefficient (Wildman–Crippen LogP) is -1.55. The Balaban J connectivity index is 2.16. The first-order chi connectivity index (χ1) is 12.7. The third kappa shape index (κ3) is 3.11. The third-order valence-electron chi connectivity index (χ3n) is 4.54. The molecule has 10 nitrogen and oxygen atoms in total. The lowest BCUT2D eigenvalue weighted by Crippen LogP contribution is -2.44. The van der Waals surface area contributed by atoms with Gasteiger partial charge in [-0.25, -0.2) is 9.97 Å². The summed E-state index contributed by atoms with van der Waals surface area (Å²) < 4.78 is 7.11. The largest absolute Gasteiger partial charge is 0.394 e. The number of carbonyl (C=O) groups is 1. The van der Waals surface area contributed by atoms with Crippen molar-refractivity contribution in [2.75, 3.05) is 26.4 Å². The zero-order chi connectivity index (χ0) is 19.9. The molecule has 4 atom stereocenters. The van der Waals surface area contributed by atoms with E-state index in [1.54, 1.807) is 14.1 Å². The number of aliphatic hydroxyl groups is 3. The van der Waals surface area contributed by atoms with Gasteiger partial charge in [0.15, 0.2) is 6.23 Å². The predicted molar refractivity (Wildman–Crippen MR) is 95.1 cm³/mol. The van der Waals surface area contributed by atoms with Gasteiger partial charge in [0, 0.05) is 26.2 Å². The normalized spacial score (nSPS) is 27.4. The second kappa shape index (κ2) is 6.79. The van der Waals surface area contributed by atoms with Gasteiger partial charge < -0.3 is 35.3 Å². The summed E-state index contributed by atoms with van der Waals surface area (Å²) in [5.74, 6) is 4.99. The Hall–Kier alpha value is -2.71. The highest BCUT2D eigenvalue weighted by Gasteiger charge is 2.53. The molecule has 3 unspecified atom stereocenters. The summed E-state index contributed by atoms with van der Waals surface area (Å²) in [6, 6.07) is 0. The molecule has 3 heterocycles. The van der Waals surface area contributed by atoms with Gasteiger partial charge in [-0.3, -0.25) is 4.79 Å². The van der Waals surface area contributed by atoms with E-state index in [4.69, 9.17) is 10.5 Å². The summed E-state index contributed by atoms with van der Waals surface area (Å²) in [6.07, 6.45) is -0.556. The van der Waals surface area contributed by atoms with E-state index in [0.29, 0.717) is 16.6 Å².